The number of para-hydroxylation sites is 1. The maximum Gasteiger partial charge on any atom is 0.358 e. The summed E-state index contributed by atoms with van der Waals surface area (Å²) >= 11 is 1.54. The zero-order chi connectivity index (χ0) is 15.4. The number of benzene rings is 1. The Morgan fingerprint density at radius 2 is 2.09 bits per heavy atom. The van der Waals surface area contributed by atoms with Gasteiger partial charge in [-0.25, -0.2) is 9.48 Å². The van der Waals surface area contributed by atoms with Crippen LogP contribution in [0.15, 0.2) is 53.9 Å². The third-order valence-electron chi connectivity index (χ3n) is 2.96. The summed E-state index contributed by atoms with van der Waals surface area (Å²) in [5, 5.41) is 15.0. The van der Waals surface area contributed by atoms with E-state index in [2.05, 4.69) is 5.10 Å². The molecule has 0 spiro atoms. The first-order valence-electron chi connectivity index (χ1n) is 6.53. The molecule has 0 amide bonds. The molecule has 5 nitrogen and oxygen atoms in total. The lowest BCUT2D eigenvalue weighted by molar-refractivity contribution is 0.0544. The molecule has 0 radical (unpaired) electrons. The topological polar surface area (TPSA) is 67.9 Å². The predicted molar refractivity (Wildman–Crippen MR) is 82.8 cm³/mol. The van der Waals surface area contributed by atoms with E-state index >= 15 is 0 Å². The lowest BCUT2D eigenvalue weighted by Gasteiger charge is -2.05. The summed E-state index contributed by atoms with van der Waals surface area (Å²) in [7, 11) is 0. The highest BCUT2D eigenvalue weighted by Gasteiger charge is 2.19. The van der Waals surface area contributed by atoms with Gasteiger partial charge in [0.2, 0.25) is 0 Å². The van der Waals surface area contributed by atoms with Gasteiger partial charge in [-0.3, -0.25) is 0 Å². The summed E-state index contributed by atoms with van der Waals surface area (Å²) in [6.07, 6.45) is 0. The first-order chi connectivity index (χ1) is 10.8. The molecule has 0 fully saturated rings. The molecule has 0 saturated heterocycles. The van der Waals surface area contributed by atoms with E-state index in [4.69, 9.17) is 10.00 Å². The molecule has 1 aromatic carbocycles. The first kappa shape index (κ1) is 14.0. The van der Waals surface area contributed by atoms with E-state index < -0.39 is 5.97 Å². The van der Waals surface area contributed by atoms with Gasteiger partial charge in [-0.1, -0.05) is 24.3 Å². The Labute approximate surface area is 131 Å². The average molecular weight is 309 g/mol. The highest BCUT2D eigenvalue weighted by Crippen LogP contribution is 2.26. The normalized spacial score (nSPS) is 10.1. The molecule has 3 aromatic rings. The number of nitrogens with zero attached hydrogens (tertiary/aromatic N) is 3. The van der Waals surface area contributed by atoms with Crippen molar-refractivity contribution >= 4 is 17.3 Å². The van der Waals surface area contributed by atoms with Crippen LogP contribution in [0.1, 0.15) is 10.5 Å². The summed E-state index contributed by atoms with van der Waals surface area (Å²) < 4.78 is 6.45. The summed E-state index contributed by atoms with van der Waals surface area (Å²) in [5.41, 5.74) is 1.75. The van der Waals surface area contributed by atoms with Gasteiger partial charge in [-0.2, -0.15) is 10.4 Å². The minimum atomic E-state index is -0.569. The molecule has 0 N–H and O–H groups in total. The van der Waals surface area contributed by atoms with Crippen LogP contribution < -0.4 is 0 Å². The number of carbonyl (C=O) groups excluding carboxylic acids is 1. The van der Waals surface area contributed by atoms with Crippen molar-refractivity contribution in [2.45, 2.75) is 0 Å². The van der Waals surface area contributed by atoms with Crippen LogP contribution in [0.3, 0.4) is 0 Å². The van der Waals surface area contributed by atoms with E-state index in [9.17, 15) is 4.79 Å². The second-order valence-corrected chi connectivity index (χ2v) is 5.32. The standard InChI is InChI=1S/C16H11N3O2S/c17-8-9-21-16(20)14-11-13(15-7-4-10-22-15)18-19(14)12-5-2-1-3-6-12/h1-7,10-11H,9H2. The van der Waals surface area contributed by atoms with E-state index in [1.807, 2.05) is 47.8 Å². The largest absolute Gasteiger partial charge is 0.446 e. The maximum atomic E-state index is 12.1. The maximum absolute atomic E-state index is 12.1. The van der Waals surface area contributed by atoms with Crippen molar-refractivity contribution in [2.24, 2.45) is 0 Å². The van der Waals surface area contributed by atoms with E-state index in [0.717, 1.165) is 10.6 Å². The Balaban J connectivity index is 2.06. The van der Waals surface area contributed by atoms with Gasteiger partial charge in [-0.15, -0.1) is 11.3 Å². The molecule has 108 valence electrons. The summed E-state index contributed by atoms with van der Waals surface area (Å²) in [4.78, 5) is 13.1. The number of nitriles is 1. The minimum absolute atomic E-state index is 0.285. The quantitative estimate of drug-likeness (QED) is 0.694. The number of carbonyl (C=O) groups is 1. The van der Waals surface area contributed by atoms with Crippen LogP contribution in [0.2, 0.25) is 0 Å². The fraction of sp³-hybridized carbons (Fsp3) is 0.0625. The van der Waals surface area contributed by atoms with Gasteiger partial charge in [-0.05, 0) is 23.6 Å². The lowest BCUT2D eigenvalue weighted by atomic mass is 10.3. The van der Waals surface area contributed by atoms with E-state index in [1.54, 1.807) is 23.5 Å². The molecule has 0 bridgehead atoms. The first-order valence-corrected chi connectivity index (χ1v) is 7.41. The zero-order valence-electron chi connectivity index (χ0n) is 11.5. The third-order valence-corrected chi connectivity index (χ3v) is 3.85. The Bertz CT molecular complexity index is 817. The average Bonchev–Trinajstić information content (AvgIpc) is 3.22. The van der Waals surface area contributed by atoms with Crippen molar-refractivity contribution in [1.82, 2.24) is 9.78 Å². The SMILES string of the molecule is N#CCOC(=O)c1cc(-c2cccs2)nn1-c1ccccc1. The number of thiophene rings is 1. The number of aromatic nitrogens is 2. The summed E-state index contributed by atoms with van der Waals surface area (Å²) in [6.45, 7) is -0.285. The van der Waals surface area contributed by atoms with Gasteiger partial charge in [0.25, 0.3) is 0 Å². The molecular formula is C16H11N3O2S. The molecule has 0 atom stereocenters. The third kappa shape index (κ3) is 2.75. The molecular weight excluding hydrogens is 298 g/mol. The number of rotatable bonds is 4. The van der Waals surface area contributed by atoms with Crippen molar-refractivity contribution in [3.63, 3.8) is 0 Å². The van der Waals surface area contributed by atoms with Crippen molar-refractivity contribution in [2.75, 3.05) is 6.61 Å². The van der Waals surface area contributed by atoms with E-state index in [1.165, 1.54) is 4.68 Å². The van der Waals surface area contributed by atoms with Crippen molar-refractivity contribution in [3.05, 3.63) is 59.6 Å². The van der Waals surface area contributed by atoms with Crippen LogP contribution >= 0.6 is 11.3 Å². The molecule has 0 aliphatic carbocycles. The van der Waals surface area contributed by atoms with Crippen LogP contribution in [-0.4, -0.2) is 22.4 Å². The van der Waals surface area contributed by atoms with Gasteiger partial charge in [0.1, 0.15) is 11.8 Å². The van der Waals surface area contributed by atoms with Crippen LogP contribution in [0.4, 0.5) is 0 Å². The lowest BCUT2D eigenvalue weighted by Crippen LogP contribution is -2.12. The monoisotopic (exact) mass is 309 g/mol. The highest BCUT2D eigenvalue weighted by atomic mass is 32.1. The second kappa shape index (κ2) is 6.24. The van der Waals surface area contributed by atoms with Crippen LogP contribution in [-0.2, 0) is 4.74 Å². The number of hydrogen-bond donors (Lipinski definition) is 0. The highest BCUT2D eigenvalue weighted by molar-refractivity contribution is 7.13. The minimum Gasteiger partial charge on any atom is -0.446 e. The fourth-order valence-electron chi connectivity index (χ4n) is 2.01. The molecule has 0 saturated carbocycles. The van der Waals surface area contributed by atoms with Gasteiger partial charge in [0.15, 0.2) is 12.3 Å². The number of hydrogen-bond acceptors (Lipinski definition) is 5. The van der Waals surface area contributed by atoms with E-state index in [-0.39, 0.29) is 6.61 Å². The Morgan fingerprint density at radius 1 is 1.27 bits per heavy atom. The predicted octanol–water partition coefficient (Wildman–Crippen LogP) is 3.28. The van der Waals surface area contributed by atoms with Crippen molar-refractivity contribution in [1.29, 1.82) is 5.26 Å². The van der Waals surface area contributed by atoms with Gasteiger partial charge >= 0.3 is 5.97 Å². The molecule has 22 heavy (non-hydrogen) atoms. The zero-order valence-corrected chi connectivity index (χ0v) is 12.3. The number of esters is 1. The van der Waals surface area contributed by atoms with Crippen molar-refractivity contribution < 1.29 is 9.53 Å². The molecule has 3 rings (SSSR count). The molecule has 2 aromatic heterocycles. The van der Waals surface area contributed by atoms with Gasteiger partial charge in [0, 0.05) is 6.07 Å². The van der Waals surface area contributed by atoms with Gasteiger partial charge < -0.3 is 4.74 Å². The number of ether oxygens (including phenoxy) is 1. The smallest absolute Gasteiger partial charge is 0.358 e. The van der Waals surface area contributed by atoms with Gasteiger partial charge in [0.05, 0.1) is 10.6 Å². The Hall–Kier alpha value is -2.91. The Kier molecular flexibility index (Phi) is 3.99. The van der Waals surface area contributed by atoms with Crippen LogP contribution in [0.5, 0.6) is 0 Å². The second-order valence-electron chi connectivity index (χ2n) is 4.37. The van der Waals surface area contributed by atoms with Crippen LogP contribution in [0, 0.1) is 11.3 Å². The molecule has 0 unspecified atom stereocenters. The Morgan fingerprint density at radius 3 is 2.77 bits per heavy atom. The fourth-order valence-corrected chi connectivity index (χ4v) is 2.69. The summed E-state index contributed by atoms with van der Waals surface area (Å²) in [6, 6.07) is 16.7. The van der Waals surface area contributed by atoms with Crippen molar-refractivity contribution in [3.8, 4) is 22.3 Å². The molecule has 0 aliphatic heterocycles. The summed E-state index contributed by atoms with van der Waals surface area (Å²) in [5.74, 6) is -0.569. The molecule has 6 heteroatoms. The van der Waals surface area contributed by atoms with E-state index in [0.29, 0.717) is 11.4 Å². The van der Waals surface area contributed by atoms with Crippen LogP contribution in [0.25, 0.3) is 16.3 Å². The molecule has 0 aliphatic rings. The molecule has 2 heterocycles.